The van der Waals surface area contributed by atoms with Crippen molar-refractivity contribution in [3.05, 3.63) is 46.8 Å². The minimum absolute atomic E-state index is 0.0339. The fourth-order valence-electron chi connectivity index (χ4n) is 3.30. The van der Waals surface area contributed by atoms with Crippen LogP contribution in [-0.4, -0.2) is 36.8 Å². The van der Waals surface area contributed by atoms with Crippen molar-refractivity contribution in [2.24, 2.45) is 0 Å². The fraction of sp³-hybridized carbons (Fsp3) is 0.389. The molecule has 0 bridgehead atoms. The summed E-state index contributed by atoms with van der Waals surface area (Å²) in [4.78, 5) is 8.80. The molecule has 7 nitrogen and oxygen atoms in total. The largest absolute Gasteiger partial charge is 0.391 e. The number of fused-ring (bicyclic) bond motifs is 1. The molecule has 136 valence electrons. The number of rotatable bonds is 5. The Bertz CT molecular complexity index is 884. The molecule has 1 saturated carbocycles. The number of nitrogens with one attached hydrogen (secondary N) is 2. The summed E-state index contributed by atoms with van der Waals surface area (Å²) in [6.07, 6.45) is 8.99. The van der Waals surface area contributed by atoms with Gasteiger partial charge in [0.2, 0.25) is 0 Å². The molecule has 0 unspecified atom stereocenters. The van der Waals surface area contributed by atoms with E-state index >= 15 is 0 Å². The molecule has 1 aliphatic carbocycles. The van der Waals surface area contributed by atoms with Gasteiger partial charge in [0.25, 0.3) is 0 Å². The summed E-state index contributed by atoms with van der Waals surface area (Å²) in [5.41, 5.74) is 1.81. The van der Waals surface area contributed by atoms with E-state index in [2.05, 4.69) is 41.6 Å². The number of pyridine rings is 1. The van der Waals surface area contributed by atoms with Gasteiger partial charge in [-0.2, -0.15) is 9.61 Å². The quantitative estimate of drug-likeness (QED) is 0.591. The highest BCUT2D eigenvalue weighted by Gasteiger charge is 2.23. The molecule has 0 aromatic carbocycles. The van der Waals surface area contributed by atoms with E-state index in [0.29, 0.717) is 6.54 Å². The molecule has 0 saturated heterocycles. The topological polar surface area (TPSA) is 87.4 Å². The van der Waals surface area contributed by atoms with E-state index < -0.39 is 0 Å². The fourth-order valence-corrected chi connectivity index (χ4v) is 3.65. The zero-order chi connectivity index (χ0) is 17.9. The third kappa shape index (κ3) is 3.66. The summed E-state index contributed by atoms with van der Waals surface area (Å²) in [6.45, 7) is 0.635. The maximum atomic E-state index is 10.2. The summed E-state index contributed by atoms with van der Waals surface area (Å²) >= 11 is 3.51. The molecule has 1 aliphatic rings. The molecule has 0 aliphatic heterocycles. The van der Waals surface area contributed by atoms with Crippen molar-refractivity contribution in [1.82, 2.24) is 19.6 Å². The normalized spacial score (nSPS) is 20.2. The Hall–Kier alpha value is -2.19. The van der Waals surface area contributed by atoms with Crippen LogP contribution in [0.1, 0.15) is 31.2 Å². The predicted molar refractivity (Wildman–Crippen MR) is 104 cm³/mol. The minimum Gasteiger partial charge on any atom is -0.391 e. The Balaban J connectivity index is 1.60. The van der Waals surface area contributed by atoms with Gasteiger partial charge in [-0.1, -0.05) is 18.9 Å². The predicted octanol–water partition coefficient (Wildman–Crippen LogP) is 3.21. The van der Waals surface area contributed by atoms with Gasteiger partial charge in [0.15, 0.2) is 5.65 Å². The average Bonchev–Trinajstić information content (AvgIpc) is 3.04. The molecule has 3 aromatic rings. The summed E-state index contributed by atoms with van der Waals surface area (Å²) in [5, 5.41) is 21.4. The highest BCUT2D eigenvalue weighted by Crippen LogP contribution is 2.26. The standard InChI is InChI=1S/C18H21BrN6O/c19-13-11-22-25-17(21-10-12-4-3-7-20-9-12)8-16(24-18(13)25)23-14-5-1-2-6-15(14)26/h3-4,7-9,11,14-15,21,26H,1-2,5-6,10H2,(H,23,24)/t14-,15-/m0/s1. The van der Waals surface area contributed by atoms with Crippen LogP contribution < -0.4 is 10.6 Å². The Labute approximate surface area is 160 Å². The van der Waals surface area contributed by atoms with Crippen molar-refractivity contribution in [1.29, 1.82) is 0 Å². The number of halogens is 1. The Morgan fingerprint density at radius 1 is 1.27 bits per heavy atom. The van der Waals surface area contributed by atoms with Crippen molar-refractivity contribution in [2.45, 2.75) is 44.4 Å². The van der Waals surface area contributed by atoms with Gasteiger partial charge in [0, 0.05) is 25.0 Å². The third-order valence-corrected chi connectivity index (χ3v) is 5.25. The number of hydrogen-bond donors (Lipinski definition) is 3. The van der Waals surface area contributed by atoms with Crippen LogP contribution in [0.5, 0.6) is 0 Å². The molecule has 3 N–H and O–H groups in total. The van der Waals surface area contributed by atoms with Crippen LogP contribution in [0.3, 0.4) is 0 Å². The van der Waals surface area contributed by atoms with Gasteiger partial charge in [0.05, 0.1) is 22.8 Å². The lowest BCUT2D eigenvalue weighted by Crippen LogP contribution is -2.36. The van der Waals surface area contributed by atoms with Crippen molar-refractivity contribution in [2.75, 3.05) is 10.6 Å². The van der Waals surface area contributed by atoms with Gasteiger partial charge in [-0.3, -0.25) is 4.98 Å². The lowest BCUT2D eigenvalue weighted by Gasteiger charge is -2.29. The number of aliphatic hydroxyl groups excluding tert-OH is 1. The number of aromatic nitrogens is 4. The van der Waals surface area contributed by atoms with Crippen molar-refractivity contribution in [3.8, 4) is 0 Å². The van der Waals surface area contributed by atoms with Crippen molar-refractivity contribution >= 4 is 33.2 Å². The van der Waals surface area contributed by atoms with Crippen LogP contribution in [0.2, 0.25) is 0 Å². The van der Waals surface area contributed by atoms with E-state index in [1.165, 1.54) is 0 Å². The van der Waals surface area contributed by atoms with Gasteiger partial charge in [-0.15, -0.1) is 0 Å². The number of hydrogen-bond acceptors (Lipinski definition) is 6. The molecule has 3 heterocycles. The second-order valence-corrected chi connectivity index (χ2v) is 7.43. The molecular weight excluding hydrogens is 396 g/mol. The first-order valence-electron chi connectivity index (χ1n) is 8.82. The molecule has 1 fully saturated rings. The molecule has 0 amide bonds. The van der Waals surface area contributed by atoms with Gasteiger partial charge in [-0.05, 0) is 40.4 Å². The monoisotopic (exact) mass is 416 g/mol. The van der Waals surface area contributed by atoms with E-state index in [1.54, 1.807) is 16.9 Å². The SMILES string of the molecule is O[C@H]1CCCC[C@@H]1Nc1cc(NCc2cccnc2)n2ncc(Br)c2n1. The number of aliphatic hydroxyl groups is 1. The number of nitrogens with zero attached hydrogens (tertiary/aromatic N) is 4. The minimum atomic E-state index is -0.332. The van der Waals surface area contributed by atoms with E-state index in [1.807, 2.05) is 24.4 Å². The molecule has 0 spiro atoms. The first-order chi connectivity index (χ1) is 12.7. The van der Waals surface area contributed by atoms with Crippen LogP contribution >= 0.6 is 15.9 Å². The molecule has 26 heavy (non-hydrogen) atoms. The van der Waals surface area contributed by atoms with E-state index in [4.69, 9.17) is 0 Å². The molecular formula is C18H21BrN6O. The molecule has 0 radical (unpaired) electrons. The van der Waals surface area contributed by atoms with Gasteiger partial charge >= 0.3 is 0 Å². The molecule has 8 heteroatoms. The highest BCUT2D eigenvalue weighted by molar-refractivity contribution is 9.10. The first-order valence-corrected chi connectivity index (χ1v) is 9.61. The molecule has 2 atom stereocenters. The van der Waals surface area contributed by atoms with Crippen LogP contribution in [0.25, 0.3) is 5.65 Å². The zero-order valence-corrected chi connectivity index (χ0v) is 15.9. The second-order valence-electron chi connectivity index (χ2n) is 6.57. The molecule has 4 rings (SSSR count). The second kappa shape index (κ2) is 7.59. The summed E-state index contributed by atoms with van der Waals surface area (Å²) < 4.78 is 2.60. The van der Waals surface area contributed by atoms with Crippen molar-refractivity contribution in [3.63, 3.8) is 0 Å². The van der Waals surface area contributed by atoms with Gasteiger partial charge in [0.1, 0.15) is 11.6 Å². The maximum Gasteiger partial charge on any atom is 0.173 e. The summed E-state index contributed by atoms with van der Waals surface area (Å²) in [6, 6.07) is 5.91. The van der Waals surface area contributed by atoms with Gasteiger partial charge in [-0.25, -0.2) is 4.98 Å². The maximum absolute atomic E-state index is 10.2. The lowest BCUT2D eigenvalue weighted by molar-refractivity contribution is 0.116. The third-order valence-electron chi connectivity index (χ3n) is 4.69. The van der Waals surface area contributed by atoms with Crippen LogP contribution in [0.4, 0.5) is 11.6 Å². The zero-order valence-electron chi connectivity index (χ0n) is 14.3. The van der Waals surface area contributed by atoms with Gasteiger partial charge < -0.3 is 15.7 Å². The molecule has 3 aromatic heterocycles. The number of anilines is 2. The Morgan fingerprint density at radius 3 is 2.96 bits per heavy atom. The van der Waals surface area contributed by atoms with Crippen molar-refractivity contribution < 1.29 is 5.11 Å². The van der Waals surface area contributed by atoms with E-state index in [0.717, 1.165) is 53.0 Å². The summed E-state index contributed by atoms with van der Waals surface area (Å²) in [7, 11) is 0. The van der Waals surface area contributed by atoms with Crippen LogP contribution in [-0.2, 0) is 6.54 Å². The average molecular weight is 417 g/mol. The first kappa shape index (κ1) is 17.2. The Morgan fingerprint density at radius 2 is 2.15 bits per heavy atom. The van der Waals surface area contributed by atoms with Crippen LogP contribution in [0.15, 0.2) is 41.3 Å². The van der Waals surface area contributed by atoms with Crippen LogP contribution in [0, 0.1) is 0 Å². The summed E-state index contributed by atoms with van der Waals surface area (Å²) in [5.74, 6) is 1.57. The van der Waals surface area contributed by atoms with E-state index in [9.17, 15) is 5.11 Å². The smallest absolute Gasteiger partial charge is 0.173 e. The Kier molecular flexibility index (Phi) is 5.03. The highest BCUT2D eigenvalue weighted by atomic mass is 79.9. The lowest BCUT2D eigenvalue weighted by atomic mass is 9.92. The van der Waals surface area contributed by atoms with E-state index in [-0.39, 0.29) is 12.1 Å².